The second-order valence-corrected chi connectivity index (χ2v) is 5.10. The predicted octanol–water partition coefficient (Wildman–Crippen LogP) is 2.04. The van der Waals surface area contributed by atoms with Crippen LogP contribution in [0.2, 0.25) is 0 Å². The van der Waals surface area contributed by atoms with Gasteiger partial charge in [0.25, 0.3) is 0 Å². The van der Waals surface area contributed by atoms with Crippen molar-refractivity contribution >= 4 is 11.8 Å². The maximum atomic E-state index is 11.5. The molecule has 2 rings (SSSR count). The number of hydrogen-bond donors (Lipinski definition) is 1. The Hall–Kier alpha value is -1.69. The Bertz CT molecular complexity index is 483. The molecule has 110 valence electrons. The number of methoxy groups -OCH3 is 2. The fourth-order valence-corrected chi connectivity index (χ4v) is 2.70. The fraction of sp³-hybridized carbons (Fsp3) is 0.643. The molecule has 6 heteroatoms. The molecule has 0 atom stereocenters. The van der Waals surface area contributed by atoms with E-state index in [1.165, 1.54) is 26.1 Å². The largest absolute Gasteiger partial charge is 0.465 e. The minimum Gasteiger partial charge on any atom is -0.465 e. The first-order valence-corrected chi connectivity index (χ1v) is 6.89. The third-order valence-corrected chi connectivity index (χ3v) is 3.93. The molecule has 0 aromatic carbocycles. The monoisotopic (exact) mass is 279 g/mol. The van der Waals surface area contributed by atoms with Crippen LogP contribution in [0.1, 0.15) is 54.7 Å². The first-order chi connectivity index (χ1) is 9.63. The molecule has 1 aliphatic carbocycles. The molecule has 0 aliphatic heterocycles. The zero-order chi connectivity index (χ0) is 14.6. The van der Waals surface area contributed by atoms with Crippen LogP contribution in [0.4, 0.5) is 5.82 Å². The van der Waals surface area contributed by atoms with Crippen molar-refractivity contribution in [2.75, 3.05) is 20.0 Å². The summed E-state index contributed by atoms with van der Waals surface area (Å²) >= 11 is 0. The summed E-state index contributed by atoms with van der Waals surface area (Å²) in [4.78, 5) is 20.1. The van der Waals surface area contributed by atoms with Gasteiger partial charge in [0.2, 0.25) is 0 Å². The summed E-state index contributed by atoms with van der Waals surface area (Å²) in [6.07, 6.45) is 7.73. The standard InChI is InChI=1S/C14H21N3O3/c1-19-12(18)10-9-16-13(17-11(10)15)14(20-2)7-5-3-4-6-8-14/h9H,3-8H2,1-2H3,(H2,15,16,17). The van der Waals surface area contributed by atoms with E-state index >= 15 is 0 Å². The van der Waals surface area contributed by atoms with Gasteiger partial charge in [-0.1, -0.05) is 25.7 Å². The smallest absolute Gasteiger partial charge is 0.343 e. The Kier molecular flexibility index (Phi) is 4.54. The predicted molar refractivity (Wildman–Crippen MR) is 74.2 cm³/mol. The Morgan fingerprint density at radius 2 is 1.90 bits per heavy atom. The fourth-order valence-electron chi connectivity index (χ4n) is 2.70. The van der Waals surface area contributed by atoms with Crippen LogP contribution in [0.15, 0.2) is 6.20 Å². The highest BCUT2D eigenvalue weighted by molar-refractivity contribution is 5.93. The van der Waals surface area contributed by atoms with Crippen LogP contribution >= 0.6 is 0 Å². The van der Waals surface area contributed by atoms with E-state index in [9.17, 15) is 4.79 Å². The van der Waals surface area contributed by atoms with Crippen molar-refractivity contribution in [1.29, 1.82) is 0 Å². The van der Waals surface area contributed by atoms with Gasteiger partial charge in [-0.2, -0.15) is 0 Å². The molecule has 0 radical (unpaired) electrons. The SMILES string of the molecule is COC(=O)c1cnc(C2(OC)CCCCCC2)nc1N. The van der Waals surface area contributed by atoms with Crippen LogP contribution in [0.25, 0.3) is 0 Å². The number of nitrogens with zero attached hydrogens (tertiary/aromatic N) is 2. The molecule has 1 heterocycles. The van der Waals surface area contributed by atoms with Gasteiger partial charge in [0.15, 0.2) is 5.82 Å². The van der Waals surface area contributed by atoms with E-state index in [-0.39, 0.29) is 11.4 Å². The molecule has 6 nitrogen and oxygen atoms in total. The molecule has 0 unspecified atom stereocenters. The van der Waals surface area contributed by atoms with Crippen molar-refractivity contribution in [1.82, 2.24) is 9.97 Å². The minimum absolute atomic E-state index is 0.141. The molecule has 0 spiro atoms. The maximum absolute atomic E-state index is 11.5. The summed E-state index contributed by atoms with van der Waals surface area (Å²) in [6, 6.07) is 0. The van der Waals surface area contributed by atoms with Gasteiger partial charge in [0.1, 0.15) is 17.0 Å². The number of carbonyl (C=O) groups is 1. The van der Waals surface area contributed by atoms with Gasteiger partial charge in [-0.25, -0.2) is 14.8 Å². The van der Waals surface area contributed by atoms with Crippen molar-refractivity contribution < 1.29 is 14.3 Å². The highest BCUT2D eigenvalue weighted by atomic mass is 16.5. The average molecular weight is 279 g/mol. The highest BCUT2D eigenvalue weighted by Gasteiger charge is 2.36. The first kappa shape index (κ1) is 14.7. The van der Waals surface area contributed by atoms with E-state index in [0.717, 1.165) is 25.7 Å². The molecule has 1 aromatic heterocycles. The average Bonchev–Trinajstić information content (AvgIpc) is 2.72. The molecule has 1 fully saturated rings. The van der Waals surface area contributed by atoms with Crippen LogP contribution in [0.3, 0.4) is 0 Å². The maximum Gasteiger partial charge on any atom is 0.343 e. The topological polar surface area (TPSA) is 87.3 Å². The lowest BCUT2D eigenvalue weighted by Gasteiger charge is -2.29. The highest BCUT2D eigenvalue weighted by Crippen LogP contribution is 2.37. The van der Waals surface area contributed by atoms with E-state index in [1.54, 1.807) is 7.11 Å². The van der Waals surface area contributed by atoms with Crippen molar-refractivity contribution in [3.63, 3.8) is 0 Å². The van der Waals surface area contributed by atoms with Crippen LogP contribution in [0, 0.1) is 0 Å². The summed E-state index contributed by atoms with van der Waals surface area (Å²) < 4.78 is 10.4. The number of anilines is 1. The number of nitrogen functional groups attached to an aromatic ring is 1. The van der Waals surface area contributed by atoms with Crippen LogP contribution in [-0.2, 0) is 15.1 Å². The number of ether oxygens (including phenoxy) is 2. The zero-order valence-electron chi connectivity index (χ0n) is 12.0. The molecule has 2 N–H and O–H groups in total. The normalized spacial score (nSPS) is 18.3. The quantitative estimate of drug-likeness (QED) is 0.673. The lowest BCUT2D eigenvalue weighted by molar-refractivity contribution is -0.0351. The van der Waals surface area contributed by atoms with Crippen molar-refractivity contribution in [2.45, 2.75) is 44.1 Å². The molecular formula is C14H21N3O3. The van der Waals surface area contributed by atoms with E-state index in [1.807, 2.05) is 0 Å². The van der Waals surface area contributed by atoms with Gasteiger partial charge in [-0.05, 0) is 12.8 Å². The number of hydrogen-bond acceptors (Lipinski definition) is 6. The van der Waals surface area contributed by atoms with Gasteiger partial charge in [0.05, 0.1) is 7.11 Å². The van der Waals surface area contributed by atoms with Crippen LogP contribution in [-0.4, -0.2) is 30.2 Å². The molecule has 1 aromatic rings. The van der Waals surface area contributed by atoms with E-state index in [2.05, 4.69) is 14.7 Å². The Morgan fingerprint density at radius 1 is 1.25 bits per heavy atom. The van der Waals surface area contributed by atoms with Crippen molar-refractivity contribution in [3.05, 3.63) is 17.6 Å². The Balaban J connectivity index is 2.35. The van der Waals surface area contributed by atoms with Gasteiger partial charge in [-0.3, -0.25) is 0 Å². The van der Waals surface area contributed by atoms with Crippen LogP contribution in [0.5, 0.6) is 0 Å². The number of aromatic nitrogens is 2. The third kappa shape index (κ3) is 2.75. The molecule has 0 bridgehead atoms. The summed E-state index contributed by atoms with van der Waals surface area (Å²) in [5.74, 6) is 0.177. The summed E-state index contributed by atoms with van der Waals surface area (Å²) in [6.45, 7) is 0. The third-order valence-electron chi connectivity index (χ3n) is 3.93. The van der Waals surface area contributed by atoms with E-state index in [0.29, 0.717) is 5.82 Å². The molecule has 1 saturated carbocycles. The molecule has 1 aliphatic rings. The summed E-state index contributed by atoms with van der Waals surface area (Å²) in [5.41, 5.74) is 5.55. The number of carbonyl (C=O) groups excluding carboxylic acids is 1. The number of esters is 1. The second kappa shape index (κ2) is 6.17. The minimum atomic E-state index is -0.526. The van der Waals surface area contributed by atoms with E-state index in [4.69, 9.17) is 10.5 Å². The Morgan fingerprint density at radius 3 is 2.40 bits per heavy atom. The molecule has 0 saturated heterocycles. The summed E-state index contributed by atoms with van der Waals surface area (Å²) in [5, 5.41) is 0. The van der Waals surface area contributed by atoms with Crippen molar-refractivity contribution in [3.8, 4) is 0 Å². The number of nitrogens with two attached hydrogens (primary N) is 1. The molecule has 0 amide bonds. The Labute approximate surface area is 118 Å². The molecule has 20 heavy (non-hydrogen) atoms. The lowest BCUT2D eigenvalue weighted by Crippen LogP contribution is -2.31. The van der Waals surface area contributed by atoms with Crippen LogP contribution < -0.4 is 5.73 Å². The first-order valence-electron chi connectivity index (χ1n) is 6.89. The number of rotatable bonds is 3. The van der Waals surface area contributed by atoms with Gasteiger partial charge >= 0.3 is 5.97 Å². The molecular weight excluding hydrogens is 258 g/mol. The van der Waals surface area contributed by atoms with Gasteiger partial charge in [-0.15, -0.1) is 0 Å². The van der Waals surface area contributed by atoms with Gasteiger partial charge < -0.3 is 15.2 Å². The lowest BCUT2D eigenvalue weighted by atomic mass is 9.93. The zero-order valence-corrected chi connectivity index (χ0v) is 12.0. The van der Waals surface area contributed by atoms with Crippen molar-refractivity contribution in [2.24, 2.45) is 0 Å². The second-order valence-electron chi connectivity index (χ2n) is 5.10. The van der Waals surface area contributed by atoms with E-state index < -0.39 is 11.6 Å². The van der Waals surface area contributed by atoms with Gasteiger partial charge in [0, 0.05) is 13.3 Å². The summed E-state index contributed by atoms with van der Waals surface area (Å²) in [7, 11) is 2.98.